The van der Waals surface area contributed by atoms with Gasteiger partial charge >= 0.3 is 0 Å². The summed E-state index contributed by atoms with van der Waals surface area (Å²) in [6, 6.07) is 8.30. The van der Waals surface area contributed by atoms with Crippen molar-refractivity contribution in [1.82, 2.24) is 4.90 Å². The molecule has 78 valence electrons. The van der Waals surface area contributed by atoms with Crippen LogP contribution in [0.2, 0.25) is 0 Å². The van der Waals surface area contributed by atoms with Crippen molar-refractivity contribution in [2.24, 2.45) is 0 Å². The van der Waals surface area contributed by atoms with E-state index in [1.165, 1.54) is 11.1 Å². The average molecular weight is 193 g/mol. The van der Waals surface area contributed by atoms with E-state index in [-0.39, 0.29) is 12.5 Å². The molecule has 1 aromatic carbocycles. The standard InChI is InChI=1S/C12H19NO/c1-10(9-14)12-7-5-4-6-11(12)8-13(2)3/h4-7,10,14H,8-9H2,1-3H3. The molecule has 0 aliphatic heterocycles. The van der Waals surface area contributed by atoms with Gasteiger partial charge in [-0.25, -0.2) is 0 Å². The van der Waals surface area contributed by atoms with E-state index in [1.807, 2.05) is 12.1 Å². The summed E-state index contributed by atoms with van der Waals surface area (Å²) in [4.78, 5) is 2.14. The molecule has 1 unspecified atom stereocenters. The molecule has 0 aromatic heterocycles. The monoisotopic (exact) mass is 193 g/mol. The first-order valence-electron chi connectivity index (χ1n) is 4.98. The molecule has 0 bridgehead atoms. The zero-order valence-electron chi connectivity index (χ0n) is 9.20. The Morgan fingerprint density at radius 1 is 1.29 bits per heavy atom. The van der Waals surface area contributed by atoms with E-state index in [4.69, 9.17) is 5.11 Å². The minimum atomic E-state index is 0.213. The second-order valence-electron chi connectivity index (χ2n) is 4.02. The molecule has 1 aromatic rings. The lowest BCUT2D eigenvalue weighted by Gasteiger charge is -2.17. The Labute approximate surface area is 86.2 Å². The second-order valence-corrected chi connectivity index (χ2v) is 4.02. The van der Waals surface area contributed by atoms with Gasteiger partial charge in [-0.05, 0) is 25.2 Å². The van der Waals surface area contributed by atoms with Crippen LogP contribution in [0.4, 0.5) is 0 Å². The maximum Gasteiger partial charge on any atom is 0.0497 e. The summed E-state index contributed by atoms with van der Waals surface area (Å²) in [6.07, 6.45) is 0. The van der Waals surface area contributed by atoms with Gasteiger partial charge in [-0.2, -0.15) is 0 Å². The van der Waals surface area contributed by atoms with Gasteiger partial charge in [0.2, 0.25) is 0 Å². The van der Waals surface area contributed by atoms with Gasteiger partial charge in [0.25, 0.3) is 0 Å². The first-order chi connectivity index (χ1) is 6.65. The quantitative estimate of drug-likeness (QED) is 0.788. The Morgan fingerprint density at radius 3 is 2.50 bits per heavy atom. The van der Waals surface area contributed by atoms with Gasteiger partial charge in [-0.3, -0.25) is 0 Å². The van der Waals surface area contributed by atoms with Crippen molar-refractivity contribution in [3.63, 3.8) is 0 Å². The zero-order valence-corrected chi connectivity index (χ0v) is 9.20. The van der Waals surface area contributed by atoms with Crippen LogP contribution in [0, 0.1) is 0 Å². The van der Waals surface area contributed by atoms with Crippen LogP contribution in [0.1, 0.15) is 24.0 Å². The van der Waals surface area contributed by atoms with E-state index in [2.05, 4.69) is 38.1 Å². The van der Waals surface area contributed by atoms with Crippen molar-refractivity contribution in [3.8, 4) is 0 Å². The molecule has 0 amide bonds. The lowest BCUT2D eigenvalue weighted by Crippen LogP contribution is -2.13. The topological polar surface area (TPSA) is 23.5 Å². The number of aliphatic hydroxyl groups is 1. The Bertz CT molecular complexity index is 283. The van der Waals surface area contributed by atoms with E-state index in [0.29, 0.717) is 0 Å². The molecule has 1 atom stereocenters. The van der Waals surface area contributed by atoms with Crippen molar-refractivity contribution in [1.29, 1.82) is 0 Å². The summed E-state index contributed by atoms with van der Waals surface area (Å²) < 4.78 is 0. The van der Waals surface area contributed by atoms with Crippen molar-refractivity contribution in [2.45, 2.75) is 19.4 Å². The number of hydrogen-bond acceptors (Lipinski definition) is 2. The molecule has 0 heterocycles. The van der Waals surface area contributed by atoms with Crippen molar-refractivity contribution >= 4 is 0 Å². The molecule has 2 heteroatoms. The third kappa shape index (κ3) is 2.82. The van der Waals surface area contributed by atoms with Crippen LogP contribution in [0.25, 0.3) is 0 Å². The molecule has 0 radical (unpaired) electrons. The molecule has 0 saturated carbocycles. The Kier molecular flexibility index (Phi) is 4.11. The minimum absolute atomic E-state index is 0.213. The normalized spacial score (nSPS) is 13.2. The van der Waals surface area contributed by atoms with Crippen LogP contribution in [0.5, 0.6) is 0 Å². The van der Waals surface area contributed by atoms with Crippen LogP contribution >= 0.6 is 0 Å². The fourth-order valence-electron chi connectivity index (χ4n) is 1.60. The predicted octanol–water partition coefficient (Wildman–Crippen LogP) is 1.84. The molecule has 1 rings (SSSR count). The van der Waals surface area contributed by atoms with E-state index in [1.54, 1.807) is 0 Å². The smallest absolute Gasteiger partial charge is 0.0497 e. The molecule has 0 aliphatic carbocycles. The van der Waals surface area contributed by atoms with E-state index >= 15 is 0 Å². The van der Waals surface area contributed by atoms with Crippen LogP contribution in [-0.2, 0) is 6.54 Å². The summed E-state index contributed by atoms with van der Waals surface area (Å²) in [5.41, 5.74) is 2.56. The number of nitrogens with zero attached hydrogens (tertiary/aromatic N) is 1. The highest BCUT2D eigenvalue weighted by Crippen LogP contribution is 2.19. The van der Waals surface area contributed by atoms with Crippen LogP contribution in [0.15, 0.2) is 24.3 Å². The number of rotatable bonds is 4. The molecule has 0 spiro atoms. The summed E-state index contributed by atoms with van der Waals surface area (Å²) in [5, 5.41) is 9.13. The predicted molar refractivity (Wildman–Crippen MR) is 59.3 cm³/mol. The summed E-state index contributed by atoms with van der Waals surface area (Å²) in [7, 11) is 4.11. The minimum Gasteiger partial charge on any atom is -0.396 e. The van der Waals surface area contributed by atoms with Crippen molar-refractivity contribution in [2.75, 3.05) is 20.7 Å². The van der Waals surface area contributed by atoms with Crippen molar-refractivity contribution in [3.05, 3.63) is 35.4 Å². The molecule has 0 saturated heterocycles. The van der Waals surface area contributed by atoms with Gasteiger partial charge in [0, 0.05) is 19.1 Å². The lowest BCUT2D eigenvalue weighted by atomic mass is 9.96. The second kappa shape index (κ2) is 5.13. The van der Waals surface area contributed by atoms with Gasteiger partial charge < -0.3 is 10.0 Å². The summed E-state index contributed by atoms with van der Waals surface area (Å²) >= 11 is 0. The maximum absolute atomic E-state index is 9.13. The fourth-order valence-corrected chi connectivity index (χ4v) is 1.60. The third-order valence-electron chi connectivity index (χ3n) is 2.35. The van der Waals surface area contributed by atoms with Crippen LogP contribution in [-0.4, -0.2) is 30.7 Å². The van der Waals surface area contributed by atoms with Gasteiger partial charge in [-0.15, -0.1) is 0 Å². The zero-order chi connectivity index (χ0) is 10.6. The molecule has 1 N–H and O–H groups in total. The largest absolute Gasteiger partial charge is 0.396 e. The van der Waals surface area contributed by atoms with E-state index in [0.717, 1.165) is 6.54 Å². The molecular formula is C12H19NO. The number of benzene rings is 1. The first kappa shape index (κ1) is 11.2. The molecule has 14 heavy (non-hydrogen) atoms. The van der Waals surface area contributed by atoms with Crippen LogP contribution in [0.3, 0.4) is 0 Å². The number of aliphatic hydroxyl groups excluding tert-OH is 1. The third-order valence-corrected chi connectivity index (χ3v) is 2.35. The van der Waals surface area contributed by atoms with Crippen LogP contribution < -0.4 is 0 Å². The lowest BCUT2D eigenvalue weighted by molar-refractivity contribution is 0.271. The highest BCUT2D eigenvalue weighted by Gasteiger charge is 2.08. The Morgan fingerprint density at radius 2 is 1.93 bits per heavy atom. The highest BCUT2D eigenvalue weighted by molar-refractivity contribution is 5.30. The van der Waals surface area contributed by atoms with Gasteiger partial charge in [0.15, 0.2) is 0 Å². The molecule has 0 aliphatic rings. The highest BCUT2D eigenvalue weighted by atomic mass is 16.3. The van der Waals surface area contributed by atoms with Crippen molar-refractivity contribution < 1.29 is 5.11 Å². The summed E-state index contributed by atoms with van der Waals surface area (Å²) in [6.45, 7) is 3.19. The van der Waals surface area contributed by atoms with Gasteiger partial charge in [-0.1, -0.05) is 31.2 Å². The fraction of sp³-hybridized carbons (Fsp3) is 0.500. The van der Waals surface area contributed by atoms with Gasteiger partial charge in [0.05, 0.1) is 0 Å². The van der Waals surface area contributed by atoms with E-state index in [9.17, 15) is 0 Å². The SMILES string of the molecule is CC(CO)c1ccccc1CN(C)C. The molecular weight excluding hydrogens is 174 g/mol. The molecule has 2 nitrogen and oxygen atoms in total. The first-order valence-corrected chi connectivity index (χ1v) is 4.98. The molecule has 0 fully saturated rings. The van der Waals surface area contributed by atoms with Gasteiger partial charge in [0.1, 0.15) is 0 Å². The van der Waals surface area contributed by atoms with E-state index < -0.39 is 0 Å². The number of hydrogen-bond donors (Lipinski definition) is 1. The Hall–Kier alpha value is -0.860. The Balaban J connectivity index is 2.91. The maximum atomic E-state index is 9.13. The summed E-state index contributed by atoms with van der Waals surface area (Å²) in [5.74, 6) is 0.228. The average Bonchev–Trinajstić information content (AvgIpc) is 2.16.